The van der Waals surface area contributed by atoms with Crippen molar-refractivity contribution in [3.63, 3.8) is 0 Å². The molecule has 1 aromatic rings. The van der Waals surface area contributed by atoms with Crippen LogP contribution in [-0.2, 0) is 0 Å². The molecule has 54 valence electrons. The molecule has 0 aliphatic carbocycles. The van der Waals surface area contributed by atoms with Gasteiger partial charge in [0, 0.05) is 0 Å². The summed E-state index contributed by atoms with van der Waals surface area (Å²) in [5.74, 6) is -1.44. The fraction of sp³-hybridized carbons (Fsp3) is 0.167. The van der Waals surface area contributed by atoms with Crippen molar-refractivity contribution in [3.05, 3.63) is 29.8 Å². The Kier molecular flexibility index (Phi) is 0.903. The highest BCUT2D eigenvalue weighted by Gasteiger charge is 2.06. The number of halogens is 3. The number of nitrogens with zero attached hydrogens (tertiary/aromatic N) is 1. The summed E-state index contributed by atoms with van der Waals surface area (Å²) < 4.78 is 64.3. The van der Waals surface area contributed by atoms with Crippen LogP contribution in [0.5, 0.6) is 0 Å². The second kappa shape index (κ2) is 2.68. The standard InChI is InChI=1S/C6H4F3N/c7-4-1-2-5(6(8)9)10-3-4/h1-3,6H/i1D,2D,3D,6D. The van der Waals surface area contributed by atoms with Crippen LogP contribution in [0.1, 0.15) is 17.6 Å². The number of hydrogen-bond acceptors (Lipinski definition) is 1. The zero-order valence-corrected chi connectivity index (χ0v) is 4.58. The van der Waals surface area contributed by atoms with Crippen LogP contribution in [0.15, 0.2) is 18.3 Å². The van der Waals surface area contributed by atoms with E-state index >= 15 is 0 Å². The Morgan fingerprint density at radius 1 is 1.60 bits per heavy atom. The van der Waals surface area contributed by atoms with Crippen LogP contribution in [0.4, 0.5) is 13.2 Å². The molecule has 1 rings (SSSR count). The monoisotopic (exact) mass is 151 g/mol. The fourth-order valence-electron chi connectivity index (χ4n) is 0.364. The first kappa shape index (κ1) is 3.37. The Bertz CT molecular complexity index is 376. The van der Waals surface area contributed by atoms with Gasteiger partial charge in [-0.2, -0.15) is 0 Å². The lowest BCUT2D eigenvalue weighted by Gasteiger charge is -1.95. The van der Waals surface area contributed by atoms with E-state index < -0.39 is 36.2 Å². The Balaban J connectivity index is 3.49. The molecule has 1 nitrogen and oxygen atoms in total. The first-order chi connectivity index (χ1) is 6.25. The summed E-state index contributed by atoms with van der Waals surface area (Å²) in [5, 5.41) is 0. The minimum absolute atomic E-state index is 1.15. The van der Waals surface area contributed by atoms with E-state index in [0.29, 0.717) is 0 Å². The molecule has 0 fully saturated rings. The number of aromatic nitrogens is 1. The quantitative estimate of drug-likeness (QED) is 0.599. The molecule has 4 heteroatoms. The first-order valence-electron chi connectivity index (χ1n) is 4.26. The predicted molar refractivity (Wildman–Crippen MR) is 29.2 cm³/mol. The summed E-state index contributed by atoms with van der Waals surface area (Å²) in [6.45, 7) is 0. The zero-order valence-electron chi connectivity index (χ0n) is 8.58. The third-order valence-electron chi connectivity index (χ3n) is 0.736. The van der Waals surface area contributed by atoms with Gasteiger partial charge in [-0.3, -0.25) is 4.98 Å². The van der Waals surface area contributed by atoms with Crippen molar-refractivity contribution in [1.82, 2.24) is 4.98 Å². The average Bonchev–Trinajstić information content (AvgIpc) is 2.06. The summed E-state index contributed by atoms with van der Waals surface area (Å²) in [5.41, 5.74) is -1.38. The highest BCUT2D eigenvalue weighted by atomic mass is 19.3. The smallest absolute Gasteiger partial charge is 0.252 e. The lowest BCUT2D eigenvalue weighted by atomic mass is 10.4. The molecule has 0 spiro atoms. The summed E-state index contributed by atoms with van der Waals surface area (Å²) in [6.07, 6.45) is -5.36. The molecular formula is C6H4F3N. The molecule has 10 heavy (non-hydrogen) atoms. The maximum absolute atomic E-state index is 12.7. The molecule has 0 atom stereocenters. The van der Waals surface area contributed by atoms with Gasteiger partial charge in [0.05, 0.1) is 10.3 Å². The van der Waals surface area contributed by atoms with E-state index in [1.165, 1.54) is 0 Å². The molecule has 0 N–H and O–H groups in total. The van der Waals surface area contributed by atoms with Gasteiger partial charge >= 0.3 is 0 Å². The molecule has 0 saturated carbocycles. The van der Waals surface area contributed by atoms with Crippen molar-refractivity contribution in [3.8, 4) is 0 Å². The van der Waals surface area contributed by atoms with Gasteiger partial charge in [-0.1, -0.05) is 0 Å². The molecule has 0 aliphatic rings. The summed E-state index contributed by atoms with van der Waals surface area (Å²) in [4.78, 5) is 2.75. The molecule has 0 amide bonds. The molecule has 0 saturated heterocycles. The number of pyridine rings is 1. The van der Waals surface area contributed by atoms with Gasteiger partial charge in [-0.15, -0.1) is 0 Å². The first-order valence-corrected chi connectivity index (χ1v) is 2.26. The van der Waals surface area contributed by atoms with Gasteiger partial charge in [0.2, 0.25) is 0 Å². The van der Waals surface area contributed by atoms with E-state index in [2.05, 4.69) is 4.98 Å². The second-order valence-corrected chi connectivity index (χ2v) is 1.40. The van der Waals surface area contributed by atoms with Gasteiger partial charge in [-0.05, 0) is 12.1 Å². The second-order valence-electron chi connectivity index (χ2n) is 1.40. The van der Waals surface area contributed by atoms with Crippen LogP contribution >= 0.6 is 0 Å². The summed E-state index contributed by atoms with van der Waals surface area (Å²) in [7, 11) is 0. The van der Waals surface area contributed by atoms with Crippen molar-refractivity contribution in [1.29, 1.82) is 0 Å². The van der Waals surface area contributed by atoms with Crippen molar-refractivity contribution >= 4 is 0 Å². The van der Waals surface area contributed by atoms with Crippen molar-refractivity contribution < 1.29 is 18.7 Å². The van der Waals surface area contributed by atoms with Crippen LogP contribution in [0.3, 0.4) is 0 Å². The predicted octanol–water partition coefficient (Wildman–Crippen LogP) is 2.16. The number of rotatable bonds is 1. The van der Waals surface area contributed by atoms with E-state index in [0.717, 1.165) is 0 Å². The van der Waals surface area contributed by atoms with Gasteiger partial charge in [0.25, 0.3) is 6.40 Å². The Morgan fingerprint density at radius 3 is 2.90 bits per heavy atom. The third-order valence-corrected chi connectivity index (χ3v) is 0.736. The molecule has 1 aromatic heterocycles. The highest BCUT2D eigenvalue weighted by molar-refractivity contribution is 5.05. The van der Waals surface area contributed by atoms with Gasteiger partial charge in [-0.25, -0.2) is 13.2 Å². The lowest BCUT2D eigenvalue weighted by molar-refractivity contribution is 0.146. The van der Waals surface area contributed by atoms with Gasteiger partial charge < -0.3 is 0 Å². The van der Waals surface area contributed by atoms with Crippen molar-refractivity contribution in [2.45, 2.75) is 6.40 Å². The SMILES string of the molecule is [2H]c1nc(C([2H])(F)F)c([2H])c([2H])c1F. The summed E-state index contributed by atoms with van der Waals surface area (Å²) >= 11 is 0. The topological polar surface area (TPSA) is 12.9 Å². The maximum Gasteiger partial charge on any atom is 0.280 e. The van der Waals surface area contributed by atoms with Gasteiger partial charge in [0.1, 0.15) is 12.9 Å². The Labute approximate surface area is 61.1 Å². The molecule has 0 bridgehead atoms. The summed E-state index contributed by atoms with van der Waals surface area (Å²) in [6, 6.07) is -2.31. The minimum atomic E-state index is -4.20. The average molecular weight is 151 g/mol. The lowest BCUT2D eigenvalue weighted by Crippen LogP contribution is -1.88. The van der Waals surface area contributed by atoms with Gasteiger partial charge in [0.15, 0.2) is 0 Å². The molecule has 0 aliphatic heterocycles. The highest BCUT2D eigenvalue weighted by Crippen LogP contribution is 2.14. The molecule has 0 unspecified atom stereocenters. The maximum atomic E-state index is 12.7. The number of hydrogen-bond donors (Lipinski definition) is 0. The van der Waals surface area contributed by atoms with E-state index in [-0.39, 0.29) is 0 Å². The van der Waals surface area contributed by atoms with Crippen LogP contribution in [-0.4, -0.2) is 4.98 Å². The zero-order chi connectivity index (χ0) is 11.1. The third kappa shape index (κ3) is 1.46. The van der Waals surface area contributed by atoms with Crippen LogP contribution in [0.2, 0.25) is 0 Å². The molecular weight excluding hydrogens is 143 g/mol. The van der Waals surface area contributed by atoms with Crippen molar-refractivity contribution in [2.24, 2.45) is 0 Å². The van der Waals surface area contributed by atoms with E-state index in [1.807, 2.05) is 0 Å². The Morgan fingerprint density at radius 2 is 2.30 bits per heavy atom. The molecule has 0 aromatic carbocycles. The number of alkyl halides is 2. The largest absolute Gasteiger partial charge is 0.280 e. The molecule has 1 heterocycles. The van der Waals surface area contributed by atoms with Crippen LogP contribution in [0, 0.1) is 5.82 Å². The van der Waals surface area contributed by atoms with Crippen LogP contribution in [0.25, 0.3) is 0 Å². The van der Waals surface area contributed by atoms with E-state index in [1.54, 1.807) is 0 Å². The fourth-order valence-corrected chi connectivity index (χ4v) is 0.364. The van der Waals surface area contributed by atoms with E-state index in [9.17, 15) is 13.2 Å². The van der Waals surface area contributed by atoms with Crippen molar-refractivity contribution in [2.75, 3.05) is 0 Å². The Hall–Kier alpha value is -1.06. The molecule has 0 radical (unpaired) electrons. The minimum Gasteiger partial charge on any atom is -0.252 e. The van der Waals surface area contributed by atoms with Crippen LogP contribution < -0.4 is 0 Å². The van der Waals surface area contributed by atoms with E-state index in [4.69, 9.17) is 5.48 Å². The normalized spacial score (nSPS) is 17.1.